The lowest BCUT2D eigenvalue weighted by molar-refractivity contribution is -0.132. The van der Waals surface area contributed by atoms with Crippen molar-refractivity contribution in [2.24, 2.45) is 0 Å². The van der Waals surface area contributed by atoms with Gasteiger partial charge in [0, 0.05) is 12.7 Å². The van der Waals surface area contributed by atoms with E-state index < -0.39 is 0 Å². The molecule has 156 valence electrons. The predicted octanol–water partition coefficient (Wildman–Crippen LogP) is 2.93. The van der Waals surface area contributed by atoms with E-state index >= 15 is 0 Å². The van der Waals surface area contributed by atoms with Gasteiger partial charge < -0.3 is 10.2 Å². The van der Waals surface area contributed by atoms with Crippen LogP contribution in [-0.4, -0.2) is 55.8 Å². The second-order valence-corrected chi connectivity index (χ2v) is 8.67. The van der Waals surface area contributed by atoms with Crippen LogP contribution in [0, 0.1) is 0 Å². The highest BCUT2D eigenvalue weighted by Crippen LogP contribution is 2.32. The molecule has 1 aliphatic rings. The number of thioether (sulfide) groups is 1. The molecule has 2 aromatic rings. The third-order valence-corrected chi connectivity index (χ3v) is 6.23. The van der Waals surface area contributed by atoms with Crippen molar-refractivity contribution >= 4 is 29.3 Å². The minimum atomic E-state index is -0.387. The lowest BCUT2D eigenvalue weighted by atomic mass is 10.1. The van der Waals surface area contributed by atoms with E-state index in [9.17, 15) is 9.59 Å². The van der Waals surface area contributed by atoms with Gasteiger partial charge in [-0.2, -0.15) is 0 Å². The van der Waals surface area contributed by atoms with Crippen molar-refractivity contribution < 1.29 is 9.59 Å². The summed E-state index contributed by atoms with van der Waals surface area (Å²) in [4.78, 5) is 26.6. The van der Waals surface area contributed by atoms with Crippen LogP contribution in [0.4, 0.5) is 5.69 Å². The number of nitrogens with zero attached hydrogens (tertiary/aromatic N) is 5. The van der Waals surface area contributed by atoms with Crippen molar-refractivity contribution in [3.63, 3.8) is 0 Å². The number of nitrogens with one attached hydrogen (secondary N) is 1. The van der Waals surface area contributed by atoms with Gasteiger partial charge in [-0.05, 0) is 48.2 Å². The topological polar surface area (TPSA) is 93.0 Å². The predicted molar refractivity (Wildman–Crippen MR) is 113 cm³/mol. The second kappa shape index (κ2) is 9.87. The Hall–Kier alpha value is -2.42. The zero-order chi connectivity index (χ0) is 20.8. The number of tetrazole rings is 1. The van der Waals surface area contributed by atoms with Gasteiger partial charge in [-0.15, -0.1) is 5.10 Å². The van der Waals surface area contributed by atoms with Crippen LogP contribution in [0.15, 0.2) is 29.4 Å². The van der Waals surface area contributed by atoms with Gasteiger partial charge in [0.15, 0.2) is 0 Å². The standard InChI is InChI=1S/C20H28N6O2S/c1-4-15-9-5-8-12-17(15)21-18(27)13-25(3)19(28)14(2)29-20-22-23-24-26(20)16-10-6-7-11-16/h5,8-9,12,14,16H,4,6-7,10-11,13H2,1-3H3,(H,21,27). The first-order valence-corrected chi connectivity index (χ1v) is 10.9. The fraction of sp³-hybridized carbons (Fsp3) is 0.550. The fourth-order valence-electron chi connectivity index (χ4n) is 3.59. The maximum atomic E-state index is 12.8. The highest BCUT2D eigenvalue weighted by molar-refractivity contribution is 8.00. The third-order valence-electron chi connectivity index (χ3n) is 5.19. The molecular weight excluding hydrogens is 388 g/mol. The number of aromatic nitrogens is 4. The van der Waals surface area contributed by atoms with Crippen LogP contribution in [0.1, 0.15) is 51.1 Å². The van der Waals surface area contributed by atoms with Crippen molar-refractivity contribution in [3.8, 4) is 0 Å². The van der Waals surface area contributed by atoms with E-state index in [0.717, 1.165) is 30.5 Å². The summed E-state index contributed by atoms with van der Waals surface area (Å²) in [7, 11) is 1.64. The van der Waals surface area contributed by atoms with Gasteiger partial charge in [0.1, 0.15) is 0 Å². The Balaban J connectivity index is 1.55. The Kier molecular flexibility index (Phi) is 7.24. The molecule has 1 aliphatic carbocycles. The van der Waals surface area contributed by atoms with E-state index in [4.69, 9.17) is 0 Å². The van der Waals surface area contributed by atoms with Crippen LogP contribution >= 0.6 is 11.8 Å². The Morgan fingerprint density at radius 3 is 2.76 bits per heavy atom. The Morgan fingerprint density at radius 1 is 1.31 bits per heavy atom. The number of para-hydroxylation sites is 1. The van der Waals surface area contributed by atoms with Gasteiger partial charge >= 0.3 is 0 Å². The number of carbonyl (C=O) groups excluding carboxylic acids is 2. The number of anilines is 1. The molecule has 0 spiro atoms. The monoisotopic (exact) mass is 416 g/mol. The summed E-state index contributed by atoms with van der Waals surface area (Å²) in [6.07, 6.45) is 5.33. The van der Waals surface area contributed by atoms with Gasteiger partial charge in [-0.3, -0.25) is 9.59 Å². The van der Waals surface area contributed by atoms with Crippen molar-refractivity contribution in [1.82, 2.24) is 25.1 Å². The third kappa shape index (κ3) is 5.35. The lowest BCUT2D eigenvalue weighted by Crippen LogP contribution is -2.39. The highest BCUT2D eigenvalue weighted by atomic mass is 32.2. The summed E-state index contributed by atoms with van der Waals surface area (Å²) in [5, 5.41) is 15.2. The molecule has 1 heterocycles. The molecule has 3 rings (SSSR count). The smallest absolute Gasteiger partial charge is 0.243 e. The average Bonchev–Trinajstić information content (AvgIpc) is 3.39. The molecule has 0 bridgehead atoms. The van der Waals surface area contributed by atoms with Crippen molar-refractivity contribution in [1.29, 1.82) is 0 Å². The van der Waals surface area contributed by atoms with Crippen LogP contribution in [0.3, 0.4) is 0 Å². The number of amides is 2. The molecule has 2 amide bonds. The fourth-order valence-corrected chi connectivity index (χ4v) is 4.57. The SMILES string of the molecule is CCc1ccccc1NC(=O)CN(C)C(=O)C(C)Sc1nnnn1C1CCCC1. The van der Waals surface area contributed by atoms with E-state index in [1.54, 1.807) is 7.05 Å². The van der Waals surface area contributed by atoms with Gasteiger partial charge in [-0.1, -0.05) is 49.7 Å². The van der Waals surface area contributed by atoms with E-state index in [2.05, 4.69) is 20.8 Å². The number of hydrogen-bond acceptors (Lipinski definition) is 6. The Labute approximate surface area is 175 Å². The number of likely N-dealkylation sites (N-methyl/N-ethyl adjacent to an activating group) is 1. The number of benzene rings is 1. The minimum Gasteiger partial charge on any atom is -0.335 e. The average molecular weight is 417 g/mol. The molecule has 9 heteroatoms. The maximum Gasteiger partial charge on any atom is 0.243 e. The van der Waals surface area contributed by atoms with Crippen molar-refractivity contribution in [2.75, 3.05) is 18.9 Å². The molecule has 1 saturated carbocycles. The number of hydrogen-bond donors (Lipinski definition) is 1. The molecule has 1 aromatic carbocycles. The zero-order valence-electron chi connectivity index (χ0n) is 17.2. The van der Waals surface area contributed by atoms with Crippen LogP contribution < -0.4 is 5.32 Å². The Morgan fingerprint density at radius 2 is 2.03 bits per heavy atom. The van der Waals surface area contributed by atoms with Crippen LogP contribution in [-0.2, 0) is 16.0 Å². The summed E-state index contributed by atoms with van der Waals surface area (Å²) >= 11 is 1.34. The first-order chi connectivity index (χ1) is 14.0. The molecule has 29 heavy (non-hydrogen) atoms. The van der Waals surface area contributed by atoms with Crippen LogP contribution in [0.2, 0.25) is 0 Å². The lowest BCUT2D eigenvalue weighted by Gasteiger charge is -2.21. The first-order valence-electron chi connectivity index (χ1n) is 10.1. The normalized spacial score (nSPS) is 15.3. The highest BCUT2D eigenvalue weighted by Gasteiger charge is 2.26. The van der Waals surface area contributed by atoms with Gasteiger partial charge in [0.25, 0.3) is 0 Å². The molecule has 0 radical (unpaired) electrons. The summed E-state index contributed by atoms with van der Waals surface area (Å²) in [5.74, 6) is -0.343. The summed E-state index contributed by atoms with van der Waals surface area (Å²) in [6.45, 7) is 3.86. The Bertz CT molecular complexity index is 849. The molecule has 1 fully saturated rings. The van der Waals surface area contributed by atoms with Gasteiger partial charge in [-0.25, -0.2) is 4.68 Å². The van der Waals surface area contributed by atoms with E-state index in [1.165, 1.54) is 29.5 Å². The molecule has 0 saturated heterocycles. The molecule has 1 aromatic heterocycles. The molecule has 1 atom stereocenters. The zero-order valence-corrected chi connectivity index (χ0v) is 18.0. The summed E-state index contributed by atoms with van der Waals surface area (Å²) in [5.41, 5.74) is 1.86. The molecule has 1 N–H and O–H groups in total. The van der Waals surface area contributed by atoms with Crippen molar-refractivity contribution in [3.05, 3.63) is 29.8 Å². The molecule has 8 nitrogen and oxygen atoms in total. The van der Waals surface area contributed by atoms with E-state index in [-0.39, 0.29) is 23.6 Å². The number of rotatable bonds is 8. The first kappa shape index (κ1) is 21.3. The molecule has 1 unspecified atom stereocenters. The second-order valence-electron chi connectivity index (χ2n) is 7.36. The molecular formula is C20H28N6O2S. The van der Waals surface area contributed by atoms with E-state index in [0.29, 0.717) is 11.2 Å². The van der Waals surface area contributed by atoms with Gasteiger partial charge in [0.2, 0.25) is 17.0 Å². The largest absolute Gasteiger partial charge is 0.335 e. The maximum absolute atomic E-state index is 12.8. The van der Waals surface area contributed by atoms with Gasteiger partial charge in [0.05, 0.1) is 17.8 Å². The van der Waals surface area contributed by atoms with Crippen LogP contribution in [0.5, 0.6) is 0 Å². The van der Waals surface area contributed by atoms with Crippen molar-refractivity contribution in [2.45, 2.75) is 62.4 Å². The summed E-state index contributed by atoms with van der Waals surface area (Å²) in [6, 6.07) is 8.01. The quantitative estimate of drug-likeness (QED) is 0.665. The summed E-state index contributed by atoms with van der Waals surface area (Å²) < 4.78 is 1.84. The van der Waals surface area contributed by atoms with Crippen LogP contribution in [0.25, 0.3) is 0 Å². The number of carbonyl (C=O) groups is 2. The number of aryl methyl sites for hydroxylation is 1. The molecule has 0 aliphatic heterocycles. The minimum absolute atomic E-state index is 0.00462. The van der Waals surface area contributed by atoms with E-state index in [1.807, 2.05) is 42.8 Å².